The van der Waals surface area contributed by atoms with Crippen LogP contribution >= 0.6 is 0 Å². The van der Waals surface area contributed by atoms with E-state index in [4.69, 9.17) is 6.42 Å². The van der Waals surface area contributed by atoms with E-state index in [1.54, 1.807) is 0 Å². The van der Waals surface area contributed by atoms with Crippen LogP contribution in [0, 0.1) is 12.3 Å². The van der Waals surface area contributed by atoms with E-state index in [1.807, 2.05) is 43.1 Å². The number of benzene rings is 1. The van der Waals surface area contributed by atoms with E-state index in [1.165, 1.54) is 0 Å². The zero-order valence-corrected chi connectivity index (χ0v) is 9.27. The van der Waals surface area contributed by atoms with Crippen LogP contribution in [0.1, 0.15) is 25.0 Å². The number of aliphatic hydroxyl groups is 1. The summed E-state index contributed by atoms with van der Waals surface area (Å²) in [4.78, 5) is 1.99. The molecule has 15 heavy (non-hydrogen) atoms. The summed E-state index contributed by atoms with van der Waals surface area (Å²) >= 11 is 0. The summed E-state index contributed by atoms with van der Waals surface area (Å²) in [6.07, 6.45) is 5.61. The van der Waals surface area contributed by atoms with Crippen molar-refractivity contribution in [1.82, 2.24) is 0 Å². The molecule has 1 rings (SSSR count). The number of anilines is 1. The molecule has 0 spiro atoms. The summed E-state index contributed by atoms with van der Waals surface area (Å²) < 4.78 is 0. The van der Waals surface area contributed by atoms with Gasteiger partial charge in [-0.3, -0.25) is 0 Å². The predicted molar refractivity (Wildman–Crippen MR) is 63.8 cm³/mol. The number of hydrogen-bond donors (Lipinski definition) is 1. The molecule has 0 heterocycles. The van der Waals surface area contributed by atoms with Gasteiger partial charge >= 0.3 is 0 Å². The smallest absolute Gasteiger partial charge is 0.0788 e. The zero-order chi connectivity index (χ0) is 11.3. The van der Waals surface area contributed by atoms with Gasteiger partial charge in [-0.05, 0) is 24.1 Å². The van der Waals surface area contributed by atoms with Gasteiger partial charge in [-0.1, -0.05) is 25.0 Å². The van der Waals surface area contributed by atoms with Crippen molar-refractivity contribution in [2.45, 2.75) is 19.4 Å². The molecule has 2 heteroatoms. The van der Waals surface area contributed by atoms with Crippen molar-refractivity contribution < 1.29 is 5.11 Å². The molecule has 80 valence electrons. The Hall–Kier alpha value is -1.46. The normalized spacial score (nSPS) is 11.9. The Labute approximate surface area is 91.5 Å². The van der Waals surface area contributed by atoms with Crippen LogP contribution in [0.2, 0.25) is 0 Å². The molecule has 0 saturated heterocycles. The molecular weight excluding hydrogens is 186 g/mol. The maximum absolute atomic E-state index is 9.62. The second kappa shape index (κ2) is 5.43. The molecule has 1 aromatic rings. The molecule has 0 bridgehead atoms. The first-order chi connectivity index (χ1) is 7.19. The van der Waals surface area contributed by atoms with Crippen LogP contribution in [0.5, 0.6) is 0 Å². The van der Waals surface area contributed by atoms with Crippen molar-refractivity contribution >= 4 is 5.69 Å². The molecule has 0 aromatic heterocycles. The van der Waals surface area contributed by atoms with Crippen LogP contribution in [-0.2, 0) is 0 Å². The molecule has 0 saturated carbocycles. The van der Waals surface area contributed by atoms with Crippen molar-refractivity contribution in [3.63, 3.8) is 0 Å². The third-order valence-electron chi connectivity index (χ3n) is 2.43. The molecular formula is C13H17NO. The molecule has 0 aliphatic heterocycles. The molecule has 0 aliphatic carbocycles. The van der Waals surface area contributed by atoms with Crippen LogP contribution in [-0.4, -0.2) is 18.7 Å². The first kappa shape index (κ1) is 11.6. The number of nitrogens with zero attached hydrogens (tertiary/aromatic N) is 1. The minimum absolute atomic E-state index is 0.364. The van der Waals surface area contributed by atoms with Crippen LogP contribution in [0.25, 0.3) is 0 Å². The minimum atomic E-state index is -0.364. The lowest BCUT2D eigenvalue weighted by atomic mass is 10.1. The second-order valence-electron chi connectivity index (χ2n) is 3.58. The van der Waals surface area contributed by atoms with Gasteiger partial charge in [-0.2, -0.15) is 0 Å². The molecule has 1 N–H and O–H groups in total. The standard InChI is InChI=1S/C13H17NO/c1-4-10-14(3)12-8-6-11(7-9-12)13(15)5-2/h1,6-9,13,15H,5,10H2,2-3H3. The highest BCUT2D eigenvalue weighted by Crippen LogP contribution is 2.20. The summed E-state index contributed by atoms with van der Waals surface area (Å²) in [5, 5.41) is 9.62. The van der Waals surface area contributed by atoms with E-state index in [0.29, 0.717) is 6.54 Å². The maximum atomic E-state index is 9.62. The number of rotatable bonds is 4. The molecule has 0 fully saturated rings. The van der Waals surface area contributed by atoms with Crippen molar-refractivity contribution in [2.24, 2.45) is 0 Å². The van der Waals surface area contributed by atoms with Gasteiger partial charge in [0.25, 0.3) is 0 Å². The van der Waals surface area contributed by atoms with Crippen LogP contribution in [0.3, 0.4) is 0 Å². The van der Waals surface area contributed by atoms with Crippen LogP contribution in [0.15, 0.2) is 24.3 Å². The van der Waals surface area contributed by atoms with Crippen LogP contribution < -0.4 is 4.90 Å². The Balaban J connectivity index is 2.77. The van der Waals surface area contributed by atoms with E-state index in [-0.39, 0.29) is 6.10 Å². The average molecular weight is 203 g/mol. The third kappa shape index (κ3) is 3.00. The fraction of sp³-hybridized carbons (Fsp3) is 0.385. The highest BCUT2D eigenvalue weighted by molar-refractivity contribution is 5.48. The summed E-state index contributed by atoms with van der Waals surface area (Å²) in [5.41, 5.74) is 2.02. The maximum Gasteiger partial charge on any atom is 0.0788 e. The molecule has 0 aliphatic rings. The lowest BCUT2D eigenvalue weighted by Crippen LogP contribution is -2.16. The van der Waals surface area contributed by atoms with Gasteiger partial charge in [0, 0.05) is 12.7 Å². The summed E-state index contributed by atoms with van der Waals surface area (Å²) in [6, 6.07) is 7.84. The van der Waals surface area contributed by atoms with Gasteiger partial charge in [0.1, 0.15) is 0 Å². The Kier molecular flexibility index (Phi) is 4.20. The number of aliphatic hydroxyl groups excluding tert-OH is 1. The summed E-state index contributed by atoms with van der Waals surface area (Å²) in [7, 11) is 1.95. The molecule has 1 unspecified atom stereocenters. The van der Waals surface area contributed by atoms with E-state index in [2.05, 4.69) is 5.92 Å². The van der Waals surface area contributed by atoms with Crippen molar-refractivity contribution in [2.75, 3.05) is 18.5 Å². The fourth-order valence-corrected chi connectivity index (χ4v) is 1.41. The molecule has 0 amide bonds. The monoisotopic (exact) mass is 203 g/mol. The summed E-state index contributed by atoms with van der Waals surface area (Å²) in [5.74, 6) is 2.59. The Morgan fingerprint density at radius 1 is 1.40 bits per heavy atom. The van der Waals surface area contributed by atoms with Crippen molar-refractivity contribution in [3.05, 3.63) is 29.8 Å². The first-order valence-corrected chi connectivity index (χ1v) is 5.11. The van der Waals surface area contributed by atoms with Crippen molar-refractivity contribution in [1.29, 1.82) is 0 Å². The lowest BCUT2D eigenvalue weighted by molar-refractivity contribution is 0.173. The highest BCUT2D eigenvalue weighted by atomic mass is 16.3. The average Bonchev–Trinajstić information content (AvgIpc) is 2.28. The largest absolute Gasteiger partial charge is 0.388 e. The van der Waals surface area contributed by atoms with Gasteiger partial charge < -0.3 is 10.0 Å². The van der Waals surface area contributed by atoms with Crippen LogP contribution in [0.4, 0.5) is 5.69 Å². The number of hydrogen-bond acceptors (Lipinski definition) is 2. The second-order valence-corrected chi connectivity index (χ2v) is 3.58. The third-order valence-corrected chi connectivity index (χ3v) is 2.43. The molecule has 0 radical (unpaired) electrons. The predicted octanol–water partition coefficient (Wildman–Crippen LogP) is 2.20. The van der Waals surface area contributed by atoms with E-state index in [0.717, 1.165) is 17.7 Å². The zero-order valence-electron chi connectivity index (χ0n) is 9.27. The van der Waals surface area contributed by atoms with E-state index in [9.17, 15) is 5.11 Å². The van der Waals surface area contributed by atoms with Crippen molar-refractivity contribution in [3.8, 4) is 12.3 Å². The van der Waals surface area contributed by atoms with Gasteiger partial charge in [-0.25, -0.2) is 0 Å². The Bertz CT molecular complexity index is 337. The summed E-state index contributed by atoms with van der Waals surface area (Å²) in [6.45, 7) is 2.55. The van der Waals surface area contributed by atoms with Gasteiger partial charge in [-0.15, -0.1) is 6.42 Å². The van der Waals surface area contributed by atoms with E-state index >= 15 is 0 Å². The van der Waals surface area contributed by atoms with Gasteiger partial charge in [0.15, 0.2) is 0 Å². The topological polar surface area (TPSA) is 23.5 Å². The fourth-order valence-electron chi connectivity index (χ4n) is 1.41. The molecule has 2 nitrogen and oxygen atoms in total. The Morgan fingerprint density at radius 2 is 2.00 bits per heavy atom. The Morgan fingerprint density at radius 3 is 2.47 bits per heavy atom. The lowest BCUT2D eigenvalue weighted by Gasteiger charge is -2.17. The highest BCUT2D eigenvalue weighted by Gasteiger charge is 2.05. The number of terminal acetylenes is 1. The first-order valence-electron chi connectivity index (χ1n) is 5.11. The quantitative estimate of drug-likeness (QED) is 0.758. The van der Waals surface area contributed by atoms with Gasteiger partial charge in [0.05, 0.1) is 12.6 Å². The SMILES string of the molecule is C#CCN(C)c1ccc(C(O)CC)cc1. The molecule has 1 atom stereocenters. The van der Waals surface area contributed by atoms with Gasteiger partial charge in [0.2, 0.25) is 0 Å². The molecule has 1 aromatic carbocycles. The van der Waals surface area contributed by atoms with E-state index < -0.39 is 0 Å². The minimum Gasteiger partial charge on any atom is -0.388 e.